The van der Waals surface area contributed by atoms with Crippen molar-refractivity contribution >= 4 is 23.7 Å². The summed E-state index contributed by atoms with van der Waals surface area (Å²) in [6.45, 7) is 2.05. The number of nitrogens with zero attached hydrogens (tertiary/aromatic N) is 3. The van der Waals surface area contributed by atoms with Gasteiger partial charge in [0.15, 0.2) is 5.76 Å². The minimum atomic E-state index is -0.0452. The van der Waals surface area contributed by atoms with Crippen LogP contribution in [0.3, 0.4) is 0 Å². The molecule has 4 heterocycles. The number of rotatable bonds is 3. The first-order chi connectivity index (χ1) is 11.5. The van der Waals surface area contributed by atoms with Gasteiger partial charge in [0.25, 0.3) is 5.91 Å². The van der Waals surface area contributed by atoms with Gasteiger partial charge < -0.3 is 19.1 Å². The van der Waals surface area contributed by atoms with Crippen LogP contribution in [0.25, 0.3) is 0 Å². The SMILES string of the molecule is CSCc1ccc(C(=O)N2C[C@H]3CC[C@@H]2CN(C(=O)N(C)C)C3)o1. The van der Waals surface area contributed by atoms with E-state index in [1.807, 2.05) is 22.1 Å². The summed E-state index contributed by atoms with van der Waals surface area (Å²) >= 11 is 1.67. The zero-order chi connectivity index (χ0) is 17.3. The molecule has 1 aromatic rings. The van der Waals surface area contributed by atoms with Gasteiger partial charge >= 0.3 is 6.03 Å². The number of carbonyl (C=O) groups is 2. The van der Waals surface area contributed by atoms with Gasteiger partial charge in [-0.3, -0.25) is 4.79 Å². The fraction of sp³-hybridized carbons (Fsp3) is 0.647. The lowest BCUT2D eigenvalue weighted by Gasteiger charge is -2.35. The van der Waals surface area contributed by atoms with Crippen molar-refractivity contribution in [2.24, 2.45) is 5.92 Å². The second-order valence-corrected chi connectivity index (χ2v) is 7.70. The molecule has 0 aliphatic carbocycles. The molecule has 132 valence electrons. The molecule has 3 saturated heterocycles. The van der Waals surface area contributed by atoms with Gasteiger partial charge in [0.1, 0.15) is 5.76 Å². The second kappa shape index (κ2) is 7.09. The Hall–Kier alpha value is -1.63. The summed E-state index contributed by atoms with van der Waals surface area (Å²) in [6.07, 6.45) is 4.03. The molecule has 7 heteroatoms. The molecular weight excluding hydrogens is 326 g/mol. The zero-order valence-electron chi connectivity index (χ0n) is 14.5. The van der Waals surface area contributed by atoms with E-state index in [1.165, 1.54) is 0 Å². The molecule has 24 heavy (non-hydrogen) atoms. The maximum absolute atomic E-state index is 12.9. The average molecular weight is 351 g/mol. The summed E-state index contributed by atoms with van der Waals surface area (Å²) < 4.78 is 5.70. The molecule has 0 spiro atoms. The largest absolute Gasteiger partial charge is 0.455 e. The summed E-state index contributed by atoms with van der Waals surface area (Å²) in [7, 11) is 3.54. The highest BCUT2D eigenvalue weighted by Crippen LogP contribution is 2.30. The van der Waals surface area contributed by atoms with Gasteiger partial charge in [-0.1, -0.05) is 0 Å². The molecule has 1 aromatic heterocycles. The van der Waals surface area contributed by atoms with Gasteiger partial charge in [0.05, 0.1) is 5.75 Å². The number of fused-ring (bicyclic) bond motifs is 4. The molecule has 0 unspecified atom stereocenters. The number of urea groups is 1. The van der Waals surface area contributed by atoms with Gasteiger partial charge in [-0.2, -0.15) is 11.8 Å². The Kier molecular flexibility index (Phi) is 5.08. The Morgan fingerprint density at radius 1 is 1.25 bits per heavy atom. The van der Waals surface area contributed by atoms with Gasteiger partial charge in [-0.05, 0) is 37.1 Å². The van der Waals surface area contributed by atoms with Crippen molar-refractivity contribution in [2.45, 2.75) is 24.6 Å². The Bertz CT molecular complexity index is 616. The topological polar surface area (TPSA) is 57.0 Å². The van der Waals surface area contributed by atoms with Crippen LogP contribution in [-0.2, 0) is 5.75 Å². The lowest BCUT2D eigenvalue weighted by Crippen LogP contribution is -2.48. The summed E-state index contributed by atoms with van der Waals surface area (Å²) in [6, 6.07) is 3.76. The Morgan fingerprint density at radius 3 is 2.75 bits per heavy atom. The van der Waals surface area contributed by atoms with Crippen LogP contribution < -0.4 is 0 Å². The van der Waals surface area contributed by atoms with Crippen molar-refractivity contribution in [3.05, 3.63) is 23.7 Å². The third-order valence-corrected chi connectivity index (χ3v) is 5.36. The Balaban J connectivity index is 1.75. The first-order valence-corrected chi connectivity index (χ1v) is 9.73. The zero-order valence-corrected chi connectivity index (χ0v) is 15.3. The minimum absolute atomic E-state index is 0.0291. The highest BCUT2D eigenvalue weighted by Gasteiger charge is 2.39. The molecule has 3 amide bonds. The van der Waals surface area contributed by atoms with Crippen molar-refractivity contribution < 1.29 is 14.0 Å². The van der Waals surface area contributed by atoms with E-state index in [1.54, 1.807) is 36.8 Å². The van der Waals surface area contributed by atoms with Crippen molar-refractivity contribution in [3.8, 4) is 0 Å². The fourth-order valence-electron chi connectivity index (χ4n) is 3.62. The highest BCUT2D eigenvalue weighted by atomic mass is 32.2. The number of hydrogen-bond acceptors (Lipinski definition) is 4. The third-order valence-electron chi connectivity index (χ3n) is 4.79. The number of piperidine rings is 1. The monoisotopic (exact) mass is 351 g/mol. The molecule has 0 N–H and O–H groups in total. The molecular formula is C17H25N3O3S. The van der Waals surface area contributed by atoms with Gasteiger partial charge in [-0.25, -0.2) is 4.79 Å². The first kappa shape index (κ1) is 17.2. The Morgan fingerprint density at radius 2 is 2.04 bits per heavy atom. The lowest BCUT2D eigenvalue weighted by atomic mass is 9.95. The molecule has 2 bridgehead atoms. The average Bonchev–Trinajstić information content (AvgIpc) is 2.84. The van der Waals surface area contributed by atoms with Crippen molar-refractivity contribution in [1.82, 2.24) is 14.7 Å². The predicted octanol–water partition coefficient (Wildman–Crippen LogP) is 2.36. The van der Waals surface area contributed by atoms with Crippen LogP contribution in [-0.4, -0.2) is 72.7 Å². The van der Waals surface area contributed by atoms with Gasteiger partial charge in [0.2, 0.25) is 0 Å². The van der Waals surface area contributed by atoms with E-state index in [0.717, 1.165) is 30.9 Å². The van der Waals surface area contributed by atoms with E-state index in [0.29, 0.717) is 24.8 Å². The Labute approximate surface area is 147 Å². The van der Waals surface area contributed by atoms with Crippen LogP contribution in [0.2, 0.25) is 0 Å². The standard InChI is InChI=1S/C17H25N3O3S/c1-18(2)17(22)19-8-12-4-5-13(10-19)20(9-12)16(21)15-7-6-14(23-15)11-24-3/h6-7,12-13H,4-5,8-11H2,1-3H3/t12-,13+/m0/s1. The van der Waals surface area contributed by atoms with Crippen molar-refractivity contribution in [3.63, 3.8) is 0 Å². The van der Waals surface area contributed by atoms with Crippen molar-refractivity contribution in [2.75, 3.05) is 40.0 Å². The summed E-state index contributed by atoms with van der Waals surface area (Å²) in [5, 5.41) is 0. The normalized spacial score (nSPS) is 23.3. The predicted molar refractivity (Wildman–Crippen MR) is 94.1 cm³/mol. The molecule has 0 aromatic carbocycles. The fourth-order valence-corrected chi connectivity index (χ4v) is 4.06. The van der Waals surface area contributed by atoms with E-state index in [9.17, 15) is 9.59 Å². The molecule has 0 saturated carbocycles. The number of hydrogen-bond donors (Lipinski definition) is 0. The number of amides is 3. The van der Waals surface area contributed by atoms with Crippen LogP contribution in [0.15, 0.2) is 16.5 Å². The van der Waals surface area contributed by atoms with E-state index in [2.05, 4.69) is 0 Å². The molecule has 4 rings (SSSR count). The molecule has 3 aliphatic heterocycles. The molecule has 2 atom stereocenters. The van der Waals surface area contributed by atoms with Crippen LogP contribution in [0.4, 0.5) is 4.79 Å². The molecule has 0 radical (unpaired) electrons. The maximum Gasteiger partial charge on any atom is 0.319 e. The number of carbonyl (C=O) groups excluding carboxylic acids is 2. The van der Waals surface area contributed by atoms with Crippen LogP contribution in [0.5, 0.6) is 0 Å². The maximum atomic E-state index is 12.9. The van der Waals surface area contributed by atoms with Gasteiger partial charge in [-0.15, -0.1) is 0 Å². The third kappa shape index (κ3) is 3.41. The van der Waals surface area contributed by atoms with Crippen LogP contribution >= 0.6 is 11.8 Å². The summed E-state index contributed by atoms with van der Waals surface area (Å²) in [5.74, 6) is 2.31. The number of furan rings is 1. The quantitative estimate of drug-likeness (QED) is 0.839. The lowest BCUT2D eigenvalue weighted by molar-refractivity contribution is 0.0552. The van der Waals surface area contributed by atoms with Crippen molar-refractivity contribution in [1.29, 1.82) is 0 Å². The van der Waals surface area contributed by atoms with E-state index >= 15 is 0 Å². The molecule has 3 aliphatic rings. The smallest absolute Gasteiger partial charge is 0.319 e. The summed E-state index contributed by atoms with van der Waals surface area (Å²) in [4.78, 5) is 30.6. The van der Waals surface area contributed by atoms with E-state index < -0.39 is 0 Å². The van der Waals surface area contributed by atoms with E-state index in [-0.39, 0.29) is 18.0 Å². The van der Waals surface area contributed by atoms with E-state index in [4.69, 9.17) is 4.42 Å². The highest BCUT2D eigenvalue weighted by molar-refractivity contribution is 7.97. The van der Waals surface area contributed by atoms with Crippen LogP contribution in [0.1, 0.15) is 29.2 Å². The molecule has 6 nitrogen and oxygen atoms in total. The first-order valence-electron chi connectivity index (χ1n) is 8.34. The molecule has 3 fully saturated rings. The number of thioether (sulfide) groups is 1. The van der Waals surface area contributed by atoms with Crippen LogP contribution in [0, 0.1) is 5.92 Å². The summed E-state index contributed by atoms with van der Waals surface area (Å²) in [5.41, 5.74) is 0. The van der Waals surface area contributed by atoms with Gasteiger partial charge in [0, 0.05) is 39.8 Å². The minimum Gasteiger partial charge on any atom is -0.455 e. The second-order valence-electron chi connectivity index (χ2n) is 6.84.